The van der Waals surface area contributed by atoms with E-state index in [1.807, 2.05) is 44.4 Å². The molecule has 2 aromatic rings. The van der Waals surface area contributed by atoms with Crippen LogP contribution in [0.4, 0.5) is 4.39 Å². The van der Waals surface area contributed by atoms with Gasteiger partial charge in [-0.05, 0) is 30.2 Å². The fourth-order valence-electron chi connectivity index (χ4n) is 2.32. The quantitative estimate of drug-likeness (QED) is 0.867. The zero-order chi connectivity index (χ0) is 16.1. The van der Waals surface area contributed by atoms with Gasteiger partial charge in [0, 0.05) is 5.56 Å². The molecule has 1 atom stereocenters. The van der Waals surface area contributed by atoms with Crippen molar-refractivity contribution in [1.82, 2.24) is 5.32 Å². The van der Waals surface area contributed by atoms with E-state index in [0.29, 0.717) is 11.1 Å². The van der Waals surface area contributed by atoms with Crippen molar-refractivity contribution in [2.45, 2.75) is 13.0 Å². The minimum Gasteiger partial charge on any atom is -0.340 e. The summed E-state index contributed by atoms with van der Waals surface area (Å²) in [6.45, 7) is 2.43. The Labute approximate surface area is 130 Å². The summed E-state index contributed by atoms with van der Waals surface area (Å²) in [5.41, 5.74) is 1.93. The molecule has 2 aromatic carbocycles. The summed E-state index contributed by atoms with van der Waals surface area (Å²) in [5, 5.41) is 3.00. The Bertz CT molecular complexity index is 641. The van der Waals surface area contributed by atoms with Crippen LogP contribution in [0.3, 0.4) is 0 Å². The molecule has 2 rings (SSSR count). The van der Waals surface area contributed by atoms with E-state index in [1.54, 1.807) is 19.1 Å². The van der Waals surface area contributed by atoms with E-state index in [9.17, 15) is 9.18 Å². The van der Waals surface area contributed by atoms with E-state index >= 15 is 0 Å². The number of hydrogen-bond donors (Lipinski definition) is 2. The molecule has 0 spiro atoms. The van der Waals surface area contributed by atoms with E-state index < -0.39 is 0 Å². The summed E-state index contributed by atoms with van der Waals surface area (Å²) in [6, 6.07) is 14.3. The number of carbonyl (C=O) groups excluding carboxylic acids is 1. The standard InChI is InChI=1S/C18H21FN2O/c1-13-9-10-15(11-16(13)19)18(22)20-17(12-21(2)3)14-7-5-4-6-8-14/h4-11,17H,12H2,1-3H3,(H,20,22)/p+1/t17-/m1/s1. The zero-order valence-electron chi connectivity index (χ0n) is 13.2. The molecule has 0 fully saturated rings. The average molecular weight is 301 g/mol. The van der Waals surface area contributed by atoms with Gasteiger partial charge in [0.25, 0.3) is 5.91 Å². The first-order valence-electron chi connectivity index (χ1n) is 7.38. The van der Waals surface area contributed by atoms with Crippen molar-refractivity contribution in [3.8, 4) is 0 Å². The largest absolute Gasteiger partial charge is 0.340 e. The van der Waals surface area contributed by atoms with Crippen LogP contribution in [0.5, 0.6) is 0 Å². The third-order valence-corrected chi connectivity index (χ3v) is 3.55. The van der Waals surface area contributed by atoms with Gasteiger partial charge < -0.3 is 10.2 Å². The van der Waals surface area contributed by atoms with Crippen molar-refractivity contribution in [1.29, 1.82) is 0 Å². The molecular formula is C18H22FN2O+. The topological polar surface area (TPSA) is 33.5 Å². The van der Waals surface area contributed by atoms with Gasteiger partial charge in [0.15, 0.2) is 0 Å². The Morgan fingerprint density at radius 1 is 1.18 bits per heavy atom. The SMILES string of the molecule is Cc1ccc(C(=O)N[C@H](C[NH+](C)C)c2ccccc2)cc1F. The lowest BCUT2D eigenvalue weighted by atomic mass is 10.1. The van der Waals surface area contributed by atoms with Crippen molar-refractivity contribution >= 4 is 5.91 Å². The van der Waals surface area contributed by atoms with Gasteiger partial charge in [-0.15, -0.1) is 0 Å². The number of aryl methyl sites for hydroxylation is 1. The number of hydrogen-bond acceptors (Lipinski definition) is 1. The molecule has 3 nitrogen and oxygen atoms in total. The molecule has 0 aliphatic carbocycles. The number of quaternary nitrogens is 1. The van der Waals surface area contributed by atoms with Crippen LogP contribution in [0.15, 0.2) is 48.5 Å². The third-order valence-electron chi connectivity index (χ3n) is 3.55. The molecule has 0 saturated heterocycles. The van der Waals surface area contributed by atoms with E-state index in [4.69, 9.17) is 0 Å². The Balaban J connectivity index is 2.19. The molecular weight excluding hydrogens is 279 g/mol. The van der Waals surface area contributed by atoms with Gasteiger partial charge in [0.1, 0.15) is 18.4 Å². The van der Waals surface area contributed by atoms with Crippen LogP contribution in [0, 0.1) is 12.7 Å². The maximum Gasteiger partial charge on any atom is 0.252 e. The fourth-order valence-corrected chi connectivity index (χ4v) is 2.32. The second-order valence-corrected chi connectivity index (χ2v) is 5.81. The average Bonchev–Trinajstić information content (AvgIpc) is 2.49. The van der Waals surface area contributed by atoms with Gasteiger partial charge in [-0.3, -0.25) is 4.79 Å². The van der Waals surface area contributed by atoms with Gasteiger partial charge >= 0.3 is 0 Å². The number of amides is 1. The van der Waals surface area contributed by atoms with Crippen LogP contribution < -0.4 is 10.2 Å². The van der Waals surface area contributed by atoms with Crippen LogP contribution >= 0.6 is 0 Å². The second-order valence-electron chi connectivity index (χ2n) is 5.81. The zero-order valence-corrected chi connectivity index (χ0v) is 13.2. The number of benzene rings is 2. The van der Waals surface area contributed by atoms with Crippen LogP contribution in [0.1, 0.15) is 27.5 Å². The molecule has 0 aromatic heterocycles. The van der Waals surface area contributed by atoms with Crippen LogP contribution in [-0.4, -0.2) is 26.5 Å². The summed E-state index contributed by atoms with van der Waals surface area (Å²) < 4.78 is 13.6. The molecule has 1 amide bonds. The molecule has 0 heterocycles. The van der Waals surface area contributed by atoms with E-state index in [0.717, 1.165) is 12.1 Å². The van der Waals surface area contributed by atoms with Crippen LogP contribution in [-0.2, 0) is 0 Å². The molecule has 0 radical (unpaired) electrons. The van der Waals surface area contributed by atoms with Crippen LogP contribution in [0.25, 0.3) is 0 Å². The Kier molecular flexibility index (Phi) is 5.28. The summed E-state index contributed by atoms with van der Waals surface area (Å²) >= 11 is 0. The van der Waals surface area contributed by atoms with Gasteiger partial charge in [-0.2, -0.15) is 0 Å². The first kappa shape index (κ1) is 16.2. The summed E-state index contributed by atoms with van der Waals surface area (Å²) in [4.78, 5) is 13.6. The molecule has 116 valence electrons. The monoisotopic (exact) mass is 301 g/mol. The number of likely N-dealkylation sites (N-methyl/N-ethyl adjacent to an activating group) is 1. The fraction of sp³-hybridized carbons (Fsp3) is 0.278. The Hall–Kier alpha value is -2.20. The van der Waals surface area contributed by atoms with E-state index in [2.05, 4.69) is 5.32 Å². The lowest BCUT2D eigenvalue weighted by Crippen LogP contribution is -3.06. The maximum atomic E-state index is 13.6. The number of carbonyl (C=O) groups is 1. The van der Waals surface area contributed by atoms with Crippen molar-refractivity contribution in [3.05, 3.63) is 71.0 Å². The highest BCUT2D eigenvalue weighted by atomic mass is 19.1. The van der Waals surface area contributed by atoms with Crippen molar-refractivity contribution in [2.24, 2.45) is 0 Å². The molecule has 4 heteroatoms. The Morgan fingerprint density at radius 2 is 1.86 bits per heavy atom. The highest BCUT2D eigenvalue weighted by Crippen LogP contribution is 2.14. The third kappa shape index (κ3) is 4.15. The minimum atomic E-state index is -0.359. The molecule has 0 unspecified atom stereocenters. The summed E-state index contributed by atoms with van der Waals surface area (Å²) in [5.74, 6) is -0.615. The number of rotatable bonds is 5. The maximum absolute atomic E-state index is 13.6. The summed E-state index contributed by atoms with van der Waals surface area (Å²) in [6.07, 6.45) is 0. The van der Waals surface area contributed by atoms with E-state index in [1.165, 1.54) is 11.0 Å². The van der Waals surface area contributed by atoms with Gasteiger partial charge in [0.05, 0.1) is 14.1 Å². The molecule has 2 N–H and O–H groups in total. The lowest BCUT2D eigenvalue weighted by Gasteiger charge is -2.21. The summed E-state index contributed by atoms with van der Waals surface area (Å²) in [7, 11) is 4.07. The molecule has 0 aliphatic heterocycles. The van der Waals surface area contributed by atoms with Crippen molar-refractivity contribution < 1.29 is 14.1 Å². The molecule has 0 bridgehead atoms. The molecule has 0 aliphatic rings. The Morgan fingerprint density at radius 3 is 2.45 bits per heavy atom. The molecule has 0 saturated carbocycles. The van der Waals surface area contributed by atoms with Crippen LogP contribution in [0.2, 0.25) is 0 Å². The predicted molar refractivity (Wildman–Crippen MR) is 85.5 cm³/mol. The second kappa shape index (κ2) is 7.18. The lowest BCUT2D eigenvalue weighted by molar-refractivity contribution is -0.860. The normalized spacial score (nSPS) is 12.2. The first-order valence-corrected chi connectivity index (χ1v) is 7.38. The van der Waals surface area contributed by atoms with Gasteiger partial charge in [0.2, 0.25) is 0 Å². The van der Waals surface area contributed by atoms with Gasteiger partial charge in [-0.1, -0.05) is 36.4 Å². The first-order chi connectivity index (χ1) is 10.5. The number of nitrogens with one attached hydrogen (secondary N) is 2. The smallest absolute Gasteiger partial charge is 0.252 e. The minimum absolute atomic E-state index is 0.108. The van der Waals surface area contributed by atoms with E-state index in [-0.39, 0.29) is 17.8 Å². The highest BCUT2D eigenvalue weighted by Gasteiger charge is 2.18. The van der Waals surface area contributed by atoms with Crippen molar-refractivity contribution in [3.63, 3.8) is 0 Å². The van der Waals surface area contributed by atoms with Gasteiger partial charge in [-0.25, -0.2) is 4.39 Å². The predicted octanol–water partition coefficient (Wildman–Crippen LogP) is 1.75. The molecule has 22 heavy (non-hydrogen) atoms. The highest BCUT2D eigenvalue weighted by molar-refractivity contribution is 5.94. The number of halogens is 1. The van der Waals surface area contributed by atoms with Crippen molar-refractivity contribution in [2.75, 3.05) is 20.6 Å².